The number of carbonyl (C=O) groups is 1. The lowest BCUT2D eigenvalue weighted by Crippen LogP contribution is -2.42. The molecule has 2 aromatic rings. The number of hydrogen-bond acceptors (Lipinski definition) is 4. The highest BCUT2D eigenvalue weighted by molar-refractivity contribution is 5.92. The van der Waals surface area contributed by atoms with E-state index in [9.17, 15) is 4.79 Å². The SMILES string of the molecule is O=C(c1cnc[nH]1)N1C[C@H](OCc2ccccc2)[C@]2(CCCO2)C1. The van der Waals surface area contributed by atoms with E-state index in [2.05, 4.69) is 9.97 Å². The second-order valence-electron chi connectivity index (χ2n) is 6.45. The number of aromatic nitrogens is 2. The minimum atomic E-state index is -0.371. The van der Waals surface area contributed by atoms with Gasteiger partial charge in [-0.1, -0.05) is 30.3 Å². The summed E-state index contributed by atoms with van der Waals surface area (Å²) in [6, 6.07) is 10.1. The molecule has 3 heterocycles. The Hall–Kier alpha value is -2.18. The number of nitrogens with zero attached hydrogens (tertiary/aromatic N) is 2. The molecule has 0 radical (unpaired) electrons. The lowest BCUT2D eigenvalue weighted by molar-refractivity contribution is -0.0959. The van der Waals surface area contributed by atoms with Crippen molar-refractivity contribution in [2.75, 3.05) is 19.7 Å². The van der Waals surface area contributed by atoms with E-state index in [1.165, 1.54) is 6.33 Å². The molecule has 1 spiro atoms. The van der Waals surface area contributed by atoms with Crippen LogP contribution < -0.4 is 0 Å². The van der Waals surface area contributed by atoms with E-state index in [1.807, 2.05) is 35.2 Å². The number of benzene rings is 1. The van der Waals surface area contributed by atoms with Crippen molar-refractivity contribution in [1.82, 2.24) is 14.9 Å². The molecule has 2 aliphatic rings. The monoisotopic (exact) mass is 327 g/mol. The Labute approximate surface area is 140 Å². The summed E-state index contributed by atoms with van der Waals surface area (Å²) in [5.41, 5.74) is 1.26. The third-order valence-electron chi connectivity index (χ3n) is 4.88. The van der Waals surface area contributed by atoms with E-state index in [-0.39, 0.29) is 17.6 Å². The highest BCUT2D eigenvalue weighted by Gasteiger charge is 2.52. The van der Waals surface area contributed by atoms with Crippen molar-refractivity contribution in [1.29, 1.82) is 0 Å². The van der Waals surface area contributed by atoms with Gasteiger partial charge in [0.25, 0.3) is 5.91 Å². The molecule has 1 N–H and O–H groups in total. The van der Waals surface area contributed by atoms with Crippen molar-refractivity contribution >= 4 is 5.91 Å². The quantitative estimate of drug-likeness (QED) is 0.933. The number of imidazole rings is 1. The molecule has 1 aromatic carbocycles. The van der Waals surface area contributed by atoms with Crippen LogP contribution in [-0.4, -0.2) is 52.2 Å². The maximum absolute atomic E-state index is 12.6. The second-order valence-corrected chi connectivity index (χ2v) is 6.45. The summed E-state index contributed by atoms with van der Waals surface area (Å²) in [4.78, 5) is 21.2. The van der Waals surface area contributed by atoms with Crippen molar-refractivity contribution < 1.29 is 14.3 Å². The molecule has 1 aromatic heterocycles. The summed E-state index contributed by atoms with van der Waals surface area (Å²) in [6.45, 7) is 2.38. The van der Waals surface area contributed by atoms with E-state index in [1.54, 1.807) is 6.20 Å². The summed E-state index contributed by atoms with van der Waals surface area (Å²) >= 11 is 0. The normalized spacial score (nSPS) is 26.3. The third-order valence-corrected chi connectivity index (χ3v) is 4.88. The van der Waals surface area contributed by atoms with Gasteiger partial charge in [0.15, 0.2) is 0 Å². The van der Waals surface area contributed by atoms with Crippen LogP contribution in [0, 0.1) is 0 Å². The maximum atomic E-state index is 12.6. The first-order valence-corrected chi connectivity index (χ1v) is 8.34. The first-order valence-electron chi connectivity index (χ1n) is 8.34. The van der Waals surface area contributed by atoms with Crippen LogP contribution in [0.5, 0.6) is 0 Å². The molecule has 1 amide bonds. The smallest absolute Gasteiger partial charge is 0.272 e. The highest BCUT2D eigenvalue weighted by atomic mass is 16.6. The molecule has 24 heavy (non-hydrogen) atoms. The van der Waals surface area contributed by atoms with E-state index in [0.717, 1.165) is 25.0 Å². The molecule has 0 saturated carbocycles. The topological polar surface area (TPSA) is 67.5 Å². The van der Waals surface area contributed by atoms with Crippen LogP contribution in [0.2, 0.25) is 0 Å². The minimum absolute atomic E-state index is 0.0480. The van der Waals surface area contributed by atoms with Crippen molar-refractivity contribution in [3.05, 3.63) is 54.1 Å². The van der Waals surface area contributed by atoms with E-state index < -0.39 is 0 Å². The van der Waals surface area contributed by atoms with Crippen LogP contribution in [0.15, 0.2) is 42.9 Å². The summed E-state index contributed by atoms with van der Waals surface area (Å²) < 4.78 is 12.2. The van der Waals surface area contributed by atoms with Gasteiger partial charge in [-0.2, -0.15) is 0 Å². The fourth-order valence-corrected chi connectivity index (χ4v) is 3.63. The highest BCUT2D eigenvalue weighted by Crippen LogP contribution is 2.37. The lowest BCUT2D eigenvalue weighted by Gasteiger charge is -2.28. The molecule has 0 unspecified atom stereocenters. The van der Waals surface area contributed by atoms with Crippen molar-refractivity contribution in [2.45, 2.75) is 31.2 Å². The number of nitrogens with one attached hydrogen (secondary N) is 1. The average Bonchev–Trinajstić information content (AvgIpc) is 3.36. The van der Waals surface area contributed by atoms with Crippen molar-refractivity contribution in [2.24, 2.45) is 0 Å². The molecule has 0 aliphatic carbocycles. The summed E-state index contributed by atoms with van der Waals surface area (Å²) in [5.74, 6) is -0.0480. The largest absolute Gasteiger partial charge is 0.370 e. The summed E-state index contributed by atoms with van der Waals surface area (Å²) in [5, 5.41) is 0. The van der Waals surface area contributed by atoms with Gasteiger partial charge < -0.3 is 19.4 Å². The molecule has 2 saturated heterocycles. The van der Waals surface area contributed by atoms with Gasteiger partial charge >= 0.3 is 0 Å². The van der Waals surface area contributed by atoms with Crippen molar-refractivity contribution in [3.63, 3.8) is 0 Å². The van der Waals surface area contributed by atoms with Gasteiger partial charge in [0, 0.05) is 6.61 Å². The van der Waals surface area contributed by atoms with Crippen LogP contribution in [0.25, 0.3) is 0 Å². The molecular weight excluding hydrogens is 306 g/mol. The molecule has 2 atom stereocenters. The van der Waals surface area contributed by atoms with Gasteiger partial charge in [0.1, 0.15) is 17.4 Å². The first kappa shape index (κ1) is 15.4. The summed E-state index contributed by atoms with van der Waals surface area (Å²) in [6.07, 6.45) is 4.92. The number of ether oxygens (including phenoxy) is 2. The number of amides is 1. The van der Waals surface area contributed by atoms with Crippen LogP contribution >= 0.6 is 0 Å². The molecule has 0 bridgehead atoms. The zero-order valence-electron chi connectivity index (χ0n) is 13.5. The predicted molar refractivity (Wildman–Crippen MR) is 87.4 cm³/mol. The minimum Gasteiger partial charge on any atom is -0.370 e. The third kappa shape index (κ3) is 2.83. The van der Waals surface area contributed by atoms with Crippen LogP contribution in [-0.2, 0) is 16.1 Å². The molecule has 2 aliphatic heterocycles. The lowest BCUT2D eigenvalue weighted by atomic mass is 9.96. The van der Waals surface area contributed by atoms with Gasteiger partial charge in [-0.05, 0) is 18.4 Å². The molecule has 6 nitrogen and oxygen atoms in total. The summed E-state index contributed by atoms with van der Waals surface area (Å²) in [7, 11) is 0. The fourth-order valence-electron chi connectivity index (χ4n) is 3.63. The molecular formula is C18H21N3O3. The molecule has 6 heteroatoms. The zero-order valence-corrected chi connectivity index (χ0v) is 13.5. The van der Waals surface area contributed by atoms with Gasteiger partial charge in [-0.3, -0.25) is 4.79 Å². The number of carbonyl (C=O) groups excluding carboxylic acids is 1. The van der Waals surface area contributed by atoms with Crippen molar-refractivity contribution in [3.8, 4) is 0 Å². The Morgan fingerprint density at radius 3 is 3.00 bits per heavy atom. The number of aromatic amines is 1. The maximum Gasteiger partial charge on any atom is 0.272 e. The van der Waals surface area contributed by atoms with Gasteiger partial charge in [-0.25, -0.2) is 4.98 Å². The average molecular weight is 327 g/mol. The van der Waals surface area contributed by atoms with Gasteiger partial charge in [0.2, 0.25) is 0 Å². The van der Waals surface area contributed by atoms with E-state index in [4.69, 9.17) is 9.47 Å². The van der Waals surface area contributed by atoms with Crippen LogP contribution in [0.4, 0.5) is 0 Å². The van der Waals surface area contributed by atoms with Crippen LogP contribution in [0.3, 0.4) is 0 Å². The Morgan fingerprint density at radius 2 is 2.29 bits per heavy atom. The Kier molecular flexibility index (Phi) is 4.08. The standard InChI is InChI=1S/C18H21N3O3/c22-17(15-9-19-13-20-15)21-10-16(18(12-21)7-4-8-24-18)23-11-14-5-2-1-3-6-14/h1-3,5-6,9,13,16H,4,7-8,10-12H2,(H,19,20)/t16-,18-/m0/s1. The second kappa shape index (κ2) is 6.37. The zero-order chi connectivity index (χ0) is 16.4. The van der Waals surface area contributed by atoms with E-state index >= 15 is 0 Å². The first-order chi connectivity index (χ1) is 11.8. The van der Waals surface area contributed by atoms with Gasteiger partial charge in [0.05, 0.1) is 32.2 Å². The molecule has 2 fully saturated rings. The number of likely N-dealkylation sites (tertiary alicyclic amines) is 1. The number of H-pyrrole nitrogens is 1. The Balaban J connectivity index is 1.48. The Bertz CT molecular complexity index is 681. The van der Waals surface area contributed by atoms with Gasteiger partial charge in [-0.15, -0.1) is 0 Å². The molecule has 126 valence electrons. The van der Waals surface area contributed by atoms with Crippen LogP contribution in [0.1, 0.15) is 28.9 Å². The fraction of sp³-hybridized carbons (Fsp3) is 0.444. The molecule has 4 rings (SSSR count). The Morgan fingerprint density at radius 1 is 1.42 bits per heavy atom. The van der Waals surface area contributed by atoms with E-state index in [0.29, 0.717) is 25.4 Å². The predicted octanol–water partition coefficient (Wildman–Crippen LogP) is 2.00. The number of hydrogen-bond donors (Lipinski definition) is 1. The number of rotatable bonds is 4.